The second kappa shape index (κ2) is 5.69. The van der Waals surface area contributed by atoms with Gasteiger partial charge in [0.05, 0.1) is 6.54 Å². The molecule has 18 heavy (non-hydrogen) atoms. The molecule has 0 aromatic carbocycles. The van der Waals surface area contributed by atoms with Crippen LogP contribution in [0.15, 0.2) is 4.42 Å². The first-order chi connectivity index (χ1) is 8.63. The van der Waals surface area contributed by atoms with E-state index in [0.29, 0.717) is 23.9 Å². The van der Waals surface area contributed by atoms with Gasteiger partial charge in [-0.3, -0.25) is 0 Å². The van der Waals surface area contributed by atoms with Gasteiger partial charge in [-0.2, -0.15) is 0 Å². The van der Waals surface area contributed by atoms with Crippen molar-refractivity contribution in [2.24, 2.45) is 17.1 Å². The smallest absolute Gasteiger partial charge is 0.315 e. The van der Waals surface area contributed by atoms with Gasteiger partial charge in [-0.15, -0.1) is 5.10 Å². The number of hydrogen-bond acceptors (Lipinski definition) is 5. The fourth-order valence-corrected chi connectivity index (χ4v) is 3.11. The van der Waals surface area contributed by atoms with Gasteiger partial charge in [0.15, 0.2) is 0 Å². The summed E-state index contributed by atoms with van der Waals surface area (Å²) in [5.41, 5.74) is 5.86. The lowest BCUT2D eigenvalue weighted by atomic mass is 9.78. The van der Waals surface area contributed by atoms with Gasteiger partial charge in [-0.25, -0.2) is 0 Å². The van der Waals surface area contributed by atoms with Crippen LogP contribution in [0, 0.1) is 11.3 Å². The zero-order valence-corrected chi connectivity index (χ0v) is 11.4. The molecule has 0 radical (unpaired) electrons. The van der Waals surface area contributed by atoms with Crippen LogP contribution in [0.2, 0.25) is 0 Å². The topological polar surface area (TPSA) is 77.0 Å². The maximum atomic E-state index is 5.45. The Labute approximate surface area is 109 Å². The highest BCUT2D eigenvalue weighted by atomic mass is 16.4. The SMILES string of the molecule is CC(C)CC1(CNc2nnc(CN)o2)CCCC1. The van der Waals surface area contributed by atoms with Crippen molar-refractivity contribution in [1.29, 1.82) is 0 Å². The van der Waals surface area contributed by atoms with E-state index in [4.69, 9.17) is 10.2 Å². The van der Waals surface area contributed by atoms with Crippen molar-refractivity contribution >= 4 is 6.01 Å². The zero-order valence-electron chi connectivity index (χ0n) is 11.4. The number of hydrogen-bond donors (Lipinski definition) is 2. The molecule has 1 aromatic heterocycles. The summed E-state index contributed by atoms with van der Waals surface area (Å²) >= 11 is 0. The Balaban J connectivity index is 1.93. The fourth-order valence-electron chi connectivity index (χ4n) is 3.11. The molecular weight excluding hydrogens is 228 g/mol. The Hall–Kier alpha value is -1.10. The Morgan fingerprint density at radius 3 is 2.61 bits per heavy atom. The third kappa shape index (κ3) is 3.22. The first-order valence-corrected chi connectivity index (χ1v) is 6.90. The summed E-state index contributed by atoms with van der Waals surface area (Å²) in [6.07, 6.45) is 6.54. The minimum absolute atomic E-state index is 0.297. The quantitative estimate of drug-likeness (QED) is 0.813. The summed E-state index contributed by atoms with van der Waals surface area (Å²) in [6, 6.07) is 0.505. The van der Waals surface area contributed by atoms with Crippen LogP contribution in [-0.4, -0.2) is 16.7 Å². The molecule has 1 aliphatic rings. The largest absolute Gasteiger partial charge is 0.407 e. The van der Waals surface area contributed by atoms with Gasteiger partial charge in [-0.1, -0.05) is 31.8 Å². The van der Waals surface area contributed by atoms with Crippen molar-refractivity contribution in [3.63, 3.8) is 0 Å². The maximum Gasteiger partial charge on any atom is 0.315 e. The van der Waals surface area contributed by atoms with Crippen LogP contribution in [0.5, 0.6) is 0 Å². The first kappa shape index (κ1) is 13.3. The molecule has 0 aliphatic heterocycles. The maximum absolute atomic E-state index is 5.45. The van der Waals surface area contributed by atoms with E-state index in [0.717, 1.165) is 12.5 Å². The Kier molecular flexibility index (Phi) is 4.22. The molecule has 0 amide bonds. The lowest BCUT2D eigenvalue weighted by Crippen LogP contribution is -2.28. The number of nitrogens with one attached hydrogen (secondary N) is 1. The monoisotopic (exact) mass is 252 g/mol. The molecule has 0 atom stereocenters. The predicted molar refractivity (Wildman–Crippen MR) is 71.0 cm³/mol. The van der Waals surface area contributed by atoms with Crippen LogP contribution >= 0.6 is 0 Å². The molecule has 5 heteroatoms. The molecule has 0 saturated heterocycles. The second-order valence-electron chi connectivity index (χ2n) is 5.86. The van der Waals surface area contributed by atoms with Gasteiger partial charge in [0.1, 0.15) is 0 Å². The molecular formula is C13H24N4O. The molecule has 1 aliphatic carbocycles. The predicted octanol–water partition coefficient (Wildman–Crippen LogP) is 2.55. The molecule has 1 heterocycles. The summed E-state index contributed by atoms with van der Waals surface area (Å²) in [7, 11) is 0. The van der Waals surface area contributed by atoms with Crippen LogP contribution < -0.4 is 11.1 Å². The lowest BCUT2D eigenvalue weighted by molar-refractivity contribution is 0.250. The van der Waals surface area contributed by atoms with Crippen molar-refractivity contribution in [1.82, 2.24) is 10.2 Å². The van der Waals surface area contributed by atoms with Crippen LogP contribution in [0.25, 0.3) is 0 Å². The van der Waals surface area contributed by atoms with E-state index in [-0.39, 0.29) is 0 Å². The number of rotatable bonds is 6. The van der Waals surface area contributed by atoms with Crippen LogP contribution in [0.4, 0.5) is 6.01 Å². The lowest BCUT2D eigenvalue weighted by Gasteiger charge is -2.30. The average molecular weight is 252 g/mol. The van der Waals surface area contributed by atoms with E-state index in [2.05, 4.69) is 29.4 Å². The first-order valence-electron chi connectivity index (χ1n) is 6.90. The third-order valence-corrected chi connectivity index (χ3v) is 3.76. The van der Waals surface area contributed by atoms with Gasteiger partial charge in [0.25, 0.3) is 0 Å². The van der Waals surface area contributed by atoms with Gasteiger partial charge in [0, 0.05) is 6.54 Å². The van der Waals surface area contributed by atoms with Gasteiger partial charge in [0.2, 0.25) is 5.89 Å². The van der Waals surface area contributed by atoms with Crippen molar-refractivity contribution in [2.45, 2.75) is 52.5 Å². The van der Waals surface area contributed by atoms with E-state index >= 15 is 0 Å². The van der Waals surface area contributed by atoms with Gasteiger partial charge in [-0.05, 0) is 30.6 Å². The molecule has 0 unspecified atom stereocenters. The van der Waals surface area contributed by atoms with Crippen molar-refractivity contribution < 1.29 is 4.42 Å². The number of anilines is 1. The molecule has 1 saturated carbocycles. The van der Waals surface area contributed by atoms with Gasteiger partial charge >= 0.3 is 6.01 Å². The number of nitrogens with zero attached hydrogens (tertiary/aromatic N) is 2. The zero-order chi connectivity index (χ0) is 13.0. The highest BCUT2D eigenvalue weighted by Gasteiger charge is 2.34. The molecule has 0 bridgehead atoms. The van der Waals surface area contributed by atoms with E-state index in [9.17, 15) is 0 Å². The van der Waals surface area contributed by atoms with Crippen molar-refractivity contribution in [3.8, 4) is 0 Å². The average Bonchev–Trinajstić information content (AvgIpc) is 2.95. The minimum Gasteiger partial charge on any atom is -0.407 e. The number of aromatic nitrogens is 2. The molecule has 1 fully saturated rings. The summed E-state index contributed by atoms with van der Waals surface area (Å²) in [5.74, 6) is 1.22. The standard InChI is InChI=1S/C13H24N4O/c1-10(2)7-13(5-3-4-6-13)9-15-12-17-16-11(8-14)18-12/h10H,3-9,14H2,1-2H3,(H,15,17). The van der Waals surface area contributed by atoms with Crippen molar-refractivity contribution in [3.05, 3.63) is 5.89 Å². The van der Waals surface area contributed by atoms with Crippen LogP contribution in [0.3, 0.4) is 0 Å². The highest BCUT2D eigenvalue weighted by molar-refractivity contribution is 5.18. The summed E-state index contributed by atoms with van der Waals surface area (Å²) < 4.78 is 5.38. The third-order valence-electron chi connectivity index (χ3n) is 3.76. The fraction of sp³-hybridized carbons (Fsp3) is 0.846. The summed E-state index contributed by atoms with van der Waals surface area (Å²) in [6.45, 7) is 5.81. The van der Waals surface area contributed by atoms with E-state index in [1.807, 2.05) is 0 Å². The van der Waals surface area contributed by atoms with E-state index in [1.165, 1.54) is 32.1 Å². The van der Waals surface area contributed by atoms with E-state index in [1.54, 1.807) is 0 Å². The molecule has 102 valence electrons. The molecule has 3 N–H and O–H groups in total. The summed E-state index contributed by atoms with van der Waals surface area (Å²) in [5, 5.41) is 11.1. The summed E-state index contributed by atoms with van der Waals surface area (Å²) in [4.78, 5) is 0. The highest BCUT2D eigenvalue weighted by Crippen LogP contribution is 2.43. The van der Waals surface area contributed by atoms with Crippen LogP contribution in [-0.2, 0) is 6.54 Å². The second-order valence-corrected chi connectivity index (χ2v) is 5.86. The molecule has 5 nitrogen and oxygen atoms in total. The van der Waals surface area contributed by atoms with E-state index < -0.39 is 0 Å². The van der Waals surface area contributed by atoms with Crippen LogP contribution in [0.1, 0.15) is 51.8 Å². The molecule has 0 spiro atoms. The normalized spacial score (nSPS) is 18.4. The molecule has 2 rings (SSSR count). The number of nitrogens with two attached hydrogens (primary N) is 1. The Morgan fingerprint density at radius 1 is 1.33 bits per heavy atom. The van der Waals surface area contributed by atoms with Gasteiger partial charge < -0.3 is 15.5 Å². The Bertz CT molecular complexity index is 369. The Morgan fingerprint density at radius 2 is 2.06 bits per heavy atom. The molecule has 1 aromatic rings. The van der Waals surface area contributed by atoms with Crippen molar-refractivity contribution in [2.75, 3.05) is 11.9 Å². The minimum atomic E-state index is 0.297.